The van der Waals surface area contributed by atoms with Crippen LogP contribution >= 0.6 is 0 Å². The molecule has 0 saturated carbocycles. The normalized spacial score (nSPS) is 12.6. The van der Waals surface area contributed by atoms with Crippen LogP contribution in [0.5, 0.6) is 11.5 Å². The van der Waals surface area contributed by atoms with Crippen LogP contribution in [0.1, 0.15) is 44.9 Å². The quantitative estimate of drug-likeness (QED) is 0.342. The van der Waals surface area contributed by atoms with E-state index in [0.717, 1.165) is 0 Å². The zero-order valence-electron chi connectivity index (χ0n) is 22.2. The number of aromatic hydroxyl groups is 2. The van der Waals surface area contributed by atoms with Gasteiger partial charge in [-0.3, -0.25) is 14.4 Å². The predicted octanol–water partition coefficient (Wildman–Crippen LogP) is 2.41. The summed E-state index contributed by atoms with van der Waals surface area (Å²) >= 11 is 0. The molecule has 2 rings (SSSR count). The van der Waals surface area contributed by atoms with Crippen LogP contribution in [-0.2, 0) is 30.3 Å². The van der Waals surface area contributed by atoms with Gasteiger partial charge >= 0.3 is 12.1 Å². The highest BCUT2D eigenvalue weighted by atomic mass is 16.6. The first-order valence-electron chi connectivity index (χ1n) is 12.1. The molecule has 3 amide bonds. The number of nitrogens with one attached hydrogen (secondary N) is 2. The van der Waals surface area contributed by atoms with Crippen LogP contribution in [-0.4, -0.2) is 70.8 Å². The molecule has 2 unspecified atom stereocenters. The van der Waals surface area contributed by atoms with Crippen molar-refractivity contribution in [2.75, 3.05) is 20.2 Å². The number of para-hydroxylation sites is 1. The standard InChI is InChI=1S/C27H35N3O8/c1-6-30(23(19-9-7-8-10-21(19)32)24(34)28-16-22(33)37-5)25(35)20(29-26(36)38-27(2,3)4)15-17-11-13-18(31)14-12-17/h7-14,20,23,31-32H,6,15-16H2,1-5H3,(H,28,34)(H,29,36). The van der Waals surface area contributed by atoms with Gasteiger partial charge < -0.3 is 35.2 Å². The van der Waals surface area contributed by atoms with E-state index in [-0.39, 0.29) is 30.0 Å². The predicted molar refractivity (Wildman–Crippen MR) is 138 cm³/mol. The van der Waals surface area contributed by atoms with E-state index in [2.05, 4.69) is 15.4 Å². The van der Waals surface area contributed by atoms with Crippen molar-refractivity contribution in [2.24, 2.45) is 0 Å². The molecule has 0 saturated heterocycles. The minimum atomic E-state index is -1.33. The van der Waals surface area contributed by atoms with E-state index in [1.54, 1.807) is 52.0 Å². The van der Waals surface area contributed by atoms with Gasteiger partial charge in [-0.25, -0.2) is 4.79 Å². The van der Waals surface area contributed by atoms with Crippen molar-refractivity contribution < 1.29 is 38.9 Å². The minimum Gasteiger partial charge on any atom is -0.508 e. The monoisotopic (exact) mass is 529 g/mol. The molecule has 11 nitrogen and oxygen atoms in total. The Kier molecular flexibility index (Phi) is 10.5. The van der Waals surface area contributed by atoms with Crippen molar-refractivity contribution >= 4 is 23.9 Å². The zero-order chi connectivity index (χ0) is 28.5. The summed E-state index contributed by atoms with van der Waals surface area (Å²) in [5, 5.41) is 25.2. The summed E-state index contributed by atoms with van der Waals surface area (Å²) in [5.74, 6) is -2.25. The Balaban J connectivity index is 2.48. The zero-order valence-corrected chi connectivity index (χ0v) is 22.2. The maximum Gasteiger partial charge on any atom is 0.408 e. The molecule has 0 bridgehead atoms. The first-order valence-corrected chi connectivity index (χ1v) is 12.1. The van der Waals surface area contributed by atoms with Gasteiger partial charge in [-0.15, -0.1) is 0 Å². The summed E-state index contributed by atoms with van der Waals surface area (Å²) in [5.41, 5.74) is -0.0690. The van der Waals surface area contributed by atoms with Crippen molar-refractivity contribution in [2.45, 2.75) is 51.8 Å². The van der Waals surface area contributed by atoms with Crippen molar-refractivity contribution in [3.63, 3.8) is 0 Å². The number of nitrogens with zero attached hydrogens (tertiary/aromatic N) is 1. The molecule has 0 heterocycles. The topological polar surface area (TPSA) is 154 Å². The van der Waals surface area contributed by atoms with E-state index >= 15 is 0 Å². The van der Waals surface area contributed by atoms with Gasteiger partial charge in [0.15, 0.2) is 0 Å². The molecule has 0 aliphatic carbocycles. The highest BCUT2D eigenvalue weighted by Crippen LogP contribution is 2.30. The average molecular weight is 530 g/mol. The second kappa shape index (κ2) is 13.3. The number of rotatable bonds is 10. The Morgan fingerprint density at radius 1 is 1.00 bits per heavy atom. The van der Waals surface area contributed by atoms with Crippen molar-refractivity contribution in [1.82, 2.24) is 15.5 Å². The fourth-order valence-electron chi connectivity index (χ4n) is 3.68. The largest absolute Gasteiger partial charge is 0.508 e. The number of ether oxygens (including phenoxy) is 2. The van der Waals surface area contributed by atoms with Crippen molar-refractivity contribution in [3.05, 3.63) is 59.7 Å². The molecule has 4 N–H and O–H groups in total. The molecule has 206 valence electrons. The molecule has 38 heavy (non-hydrogen) atoms. The van der Waals surface area contributed by atoms with Crippen LogP contribution in [0.4, 0.5) is 4.79 Å². The smallest absolute Gasteiger partial charge is 0.408 e. The maximum absolute atomic E-state index is 13.9. The van der Waals surface area contributed by atoms with E-state index in [0.29, 0.717) is 5.56 Å². The van der Waals surface area contributed by atoms with E-state index < -0.39 is 48.1 Å². The number of benzene rings is 2. The van der Waals surface area contributed by atoms with Crippen molar-refractivity contribution in [3.8, 4) is 11.5 Å². The molecule has 11 heteroatoms. The second-order valence-electron chi connectivity index (χ2n) is 9.45. The van der Waals surface area contributed by atoms with Gasteiger partial charge in [0.2, 0.25) is 11.8 Å². The summed E-state index contributed by atoms with van der Waals surface area (Å²) < 4.78 is 9.92. The summed E-state index contributed by atoms with van der Waals surface area (Å²) in [6.07, 6.45) is -0.813. The minimum absolute atomic E-state index is 0.0194. The number of phenols is 2. The fourth-order valence-corrected chi connectivity index (χ4v) is 3.68. The number of esters is 1. The summed E-state index contributed by atoms with van der Waals surface area (Å²) in [7, 11) is 1.17. The Morgan fingerprint density at radius 2 is 1.63 bits per heavy atom. The molecule has 2 atom stereocenters. The molecule has 0 spiro atoms. The van der Waals surface area contributed by atoms with Gasteiger partial charge in [0.1, 0.15) is 35.7 Å². The lowest BCUT2D eigenvalue weighted by molar-refractivity contribution is -0.144. The molecule has 0 aromatic heterocycles. The number of hydrogen-bond donors (Lipinski definition) is 4. The summed E-state index contributed by atoms with van der Waals surface area (Å²) in [6, 6.07) is 9.64. The molecular formula is C27H35N3O8. The number of hydrogen-bond acceptors (Lipinski definition) is 8. The Morgan fingerprint density at radius 3 is 2.18 bits per heavy atom. The molecule has 2 aromatic carbocycles. The van der Waals surface area contributed by atoms with Crippen LogP contribution in [0, 0.1) is 0 Å². The fraction of sp³-hybridized carbons (Fsp3) is 0.407. The number of methoxy groups -OCH3 is 1. The number of phenolic OH excluding ortho intramolecular Hbond substituents is 2. The molecular weight excluding hydrogens is 494 g/mol. The second-order valence-corrected chi connectivity index (χ2v) is 9.45. The lowest BCUT2D eigenvalue weighted by atomic mass is 9.99. The van der Waals surface area contributed by atoms with Crippen LogP contribution in [0.25, 0.3) is 0 Å². The molecule has 0 fully saturated rings. The Hall–Kier alpha value is -4.28. The first kappa shape index (κ1) is 29.9. The van der Waals surface area contributed by atoms with Crippen LogP contribution < -0.4 is 10.6 Å². The number of carbonyl (C=O) groups is 4. The Labute approximate surface area is 221 Å². The van der Waals surface area contributed by atoms with E-state index in [1.807, 2.05) is 0 Å². The molecule has 0 aliphatic rings. The van der Waals surface area contributed by atoms with E-state index in [4.69, 9.17) is 4.74 Å². The summed E-state index contributed by atoms with van der Waals surface area (Å²) in [6.45, 7) is 6.26. The number of carbonyl (C=O) groups excluding carboxylic acids is 4. The summed E-state index contributed by atoms with van der Waals surface area (Å²) in [4.78, 5) is 52.7. The van der Waals surface area contributed by atoms with Crippen molar-refractivity contribution in [1.29, 1.82) is 0 Å². The van der Waals surface area contributed by atoms with Gasteiger partial charge in [-0.05, 0) is 51.5 Å². The van der Waals surface area contributed by atoms with E-state index in [1.165, 1.54) is 36.3 Å². The van der Waals surface area contributed by atoms with Crippen LogP contribution in [0.15, 0.2) is 48.5 Å². The molecule has 2 aromatic rings. The first-order chi connectivity index (χ1) is 17.9. The third-order valence-electron chi connectivity index (χ3n) is 5.41. The SMILES string of the molecule is CCN(C(=O)C(Cc1ccc(O)cc1)NC(=O)OC(C)(C)C)C(C(=O)NCC(=O)OC)c1ccccc1O. The Bertz CT molecular complexity index is 1130. The third-order valence-corrected chi connectivity index (χ3v) is 5.41. The van der Waals surface area contributed by atoms with Crippen LogP contribution in [0.3, 0.4) is 0 Å². The van der Waals surface area contributed by atoms with Gasteiger partial charge in [-0.2, -0.15) is 0 Å². The van der Waals surface area contributed by atoms with Crippen LogP contribution in [0.2, 0.25) is 0 Å². The molecule has 0 radical (unpaired) electrons. The van der Waals surface area contributed by atoms with Gasteiger partial charge in [0.25, 0.3) is 0 Å². The number of likely N-dealkylation sites (N-methyl/N-ethyl adjacent to an activating group) is 1. The highest BCUT2D eigenvalue weighted by molar-refractivity contribution is 5.93. The third kappa shape index (κ3) is 8.68. The van der Waals surface area contributed by atoms with E-state index in [9.17, 15) is 29.4 Å². The maximum atomic E-state index is 13.9. The molecule has 0 aliphatic heterocycles. The number of amides is 3. The average Bonchev–Trinajstić information content (AvgIpc) is 2.85. The lowest BCUT2D eigenvalue weighted by Crippen LogP contribution is -2.54. The highest BCUT2D eigenvalue weighted by Gasteiger charge is 2.37. The van der Waals surface area contributed by atoms with Gasteiger partial charge in [0, 0.05) is 18.5 Å². The van der Waals surface area contributed by atoms with Gasteiger partial charge in [0.05, 0.1) is 7.11 Å². The lowest BCUT2D eigenvalue weighted by Gasteiger charge is -2.34. The van der Waals surface area contributed by atoms with Gasteiger partial charge in [-0.1, -0.05) is 30.3 Å². The number of alkyl carbamates (subject to hydrolysis) is 1.